The van der Waals surface area contributed by atoms with Gasteiger partial charge in [0.15, 0.2) is 11.6 Å². The van der Waals surface area contributed by atoms with E-state index in [1.165, 1.54) is 0 Å². The van der Waals surface area contributed by atoms with E-state index in [2.05, 4.69) is 6.92 Å². The van der Waals surface area contributed by atoms with Crippen molar-refractivity contribution >= 4 is 23.3 Å². The maximum Gasteiger partial charge on any atom is 0.167 e. The normalized spacial score (nSPS) is 20.6. The number of allylic oxidation sites excluding steroid dienone is 4. The van der Waals surface area contributed by atoms with Gasteiger partial charge in [0.25, 0.3) is 0 Å². The van der Waals surface area contributed by atoms with Crippen LogP contribution in [-0.4, -0.2) is 29.3 Å². The average molecular weight is 263 g/mol. The van der Waals surface area contributed by atoms with E-state index >= 15 is 0 Å². The number of hydrogen-bond acceptors (Lipinski definition) is 4. The number of thioether (sulfide) groups is 1. The fourth-order valence-electron chi connectivity index (χ4n) is 2.13. The van der Waals surface area contributed by atoms with Crippen LogP contribution in [0.4, 0.5) is 0 Å². The molecule has 96 valence electrons. The lowest BCUT2D eigenvalue weighted by Crippen LogP contribution is -2.21. The molecule has 0 saturated heterocycles. The molecular weight excluding hydrogens is 246 g/mol. The standard InChI is InChI=1S/C14H17NO2S/c1-3-18-13-9-10(7-8-15(13)2)14-11(16)5-4-6-12(14)17/h7-9H,3-6H2,1-2H3. The summed E-state index contributed by atoms with van der Waals surface area (Å²) >= 11 is 1.71. The SMILES string of the molecule is CCSC1=CC(=C2C(=O)CCCC2=O)C=CN1C. The molecule has 0 unspecified atom stereocenters. The van der Waals surface area contributed by atoms with Gasteiger partial charge < -0.3 is 4.90 Å². The number of nitrogens with zero attached hydrogens (tertiary/aromatic N) is 1. The van der Waals surface area contributed by atoms with Crippen LogP contribution in [0.1, 0.15) is 26.2 Å². The second-order valence-corrected chi connectivity index (χ2v) is 5.66. The lowest BCUT2D eigenvalue weighted by atomic mass is 9.88. The quantitative estimate of drug-likeness (QED) is 0.567. The summed E-state index contributed by atoms with van der Waals surface area (Å²) in [4.78, 5) is 25.8. The van der Waals surface area contributed by atoms with Gasteiger partial charge in [-0.1, -0.05) is 6.92 Å². The third-order valence-corrected chi connectivity index (χ3v) is 4.04. The number of rotatable bonds is 2. The van der Waals surface area contributed by atoms with Crippen molar-refractivity contribution in [2.45, 2.75) is 26.2 Å². The fraction of sp³-hybridized carbons (Fsp3) is 0.429. The van der Waals surface area contributed by atoms with Crippen LogP contribution in [0.15, 0.2) is 34.5 Å². The van der Waals surface area contributed by atoms with E-state index in [1.807, 2.05) is 30.3 Å². The monoisotopic (exact) mass is 263 g/mol. The molecule has 0 N–H and O–H groups in total. The van der Waals surface area contributed by atoms with Gasteiger partial charge in [-0.25, -0.2) is 0 Å². The summed E-state index contributed by atoms with van der Waals surface area (Å²) < 4.78 is 0. The second kappa shape index (κ2) is 5.57. The van der Waals surface area contributed by atoms with Crippen LogP contribution in [0.2, 0.25) is 0 Å². The number of hydrogen-bond donors (Lipinski definition) is 0. The average Bonchev–Trinajstić information content (AvgIpc) is 2.33. The summed E-state index contributed by atoms with van der Waals surface area (Å²) in [5.74, 6) is 0.953. The van der Waals surface area contributed by atoms with Crippen LogP contribution in [0.5, 0.6) is 0 Å². The molecule has 3 nitrogen and oxygen atoms in total. The first-order valence-electron chi connectivity index (χ1n) is 6.19. The zero-order valence-electron chi connectivity index (χ0n) is 10.7. The van der Waals surface area contributed by atoms with Crippen molar-refractivity contribution < 1.29 is 9.59 Å². The van der Waals surface area contributed by atoms with Crippen molar-refractivity contribution in [2.24, 2.45) is 0 Å². The molecule has 1 saturated carbocycles. The highest BCUT2D eigenvalue weighted by Crippen LogP contribution is 2.29. The molecule has 1 fully saturated rings. The lowest BCUT2D eigenvalue weighted by Gasteiger charge is -2.23. The summed E-state index contributed by atoms with van der Waals surface area (Å²) in [5, 5.41) is 1.08. The van der Waals surface area contributed by atoms with Gasteiger partial charge in [0.1, 0.15) is 0 Å². The molecular formula is C14H17NO2S. The molecule has 18 heavy (non-hydrogen) atoms. The van der Waals surface area contributed by atoms with Gasteiger partial charge in [0.2, 0.25) is 0 Å². The topological polar surface area (TPSA) is 37.4 Å². The minimum absolute atomic E-state index is 0.00690. The maximum atomic E-state index is 11.9. The Morgan fingerprint density at radius 3 is 2.56 bits per heavy atom. The molecule has 0 aromatic heterocycles. The molecule has 0 atom stereocenters. The molecule has 0 amide bonds. The molecule has 0 spiro atoms. The van der Waals surface area contributed by atoms with Crippen LogP contribution < -0.4 is 0 Å². The summed E-state index contributed by atoms with van der Waals surface area (Å²) in [6, 6.07) is 0. The van der Waals surface area contributed by atoms with Crippen LogP contribution in [-0.2, 0) is 9.59 Å². The van der Waals surface area contributed by atoms with Crippen molar-refractivity contribution in [3.05, 3.63) is 34.5 Å². The largest absolute Gasteiger partial charge is 0.346 e. The molecule has 1 heterocycles. The number of carbonyl (C=O) groups excluding carboxylic acids is 2. The van der Waals surface area contributed by atoms with E-state index in [0.717, 1.165) is 16.4 Å². The minimum atomic E-state index is -0.00690. The van der Waals surface area contributed by atoms with Crippen molar-refractivity contribution in [2.75, 3.05) is 12.8 Å². The Labute approximate surface area is 112 Å². The molecule has 0 bridgehead atoms. The van der Waals surface area contributed by atoms with Gasteiger partial charge in [-0.15, -0.1) is 11.8 Å². The van der Waals surface area contributed by atoms with E-state index < -0.39 is 0 Å². The van der Waals surface area contributed by atoms with Crippen LogP contribution >= 0.6 is 11.8 Å². The van der Waals surface area contributed by atoms with Crippen LogP contribution in [0.25, 0.3) is 0 Å². The zero-order chi connectivity index (χ0) is 13.1. The van der Waals surface area contributed by atoms with Gasteiger partial charge in [0, 0.05) is 26.1 Å². The molecule has 0 radical (unpaired) electrons. The van der Waals surface area contributed by atoms with Crippen molar-refractivity contribution in [3.8, 4) is 0 Å². The zero-order valence-corrected chi connectivity index (χ0v) is 11.5. The molecule has 0 aromatic rings. The minimum Gasteiger partial charge on any atom is -0.346 e. The van der Waals surface area contributed by atoms with Crippen LogP contribution in [0, 0.1) is 0 Å². The first kappa shape index (κ1) is 13.1. The fourth-order valence-corrected chi connectivity index (χ4v) is 2.90. The van der Waals surface area contributed by atoms with Gasteiger partial charge in [-0.2, -0.15) is 0 Å². The molecule has 0 aromatic carbocycles. The lowest BCUT2D eigenvalue weighted by molar-refractivity contribution is -0.123. The Morgan fingerprint density at radius 2 is 1.94 bits per heavy atom. The van der Waals surface area contributed by atoms with Gasteiger partial charge >= 0.3 is 0 Å². The van der Waals surface area contributed by atoms with Gasteiger partial charge in [-0.05, 0) is 29.9 Å². The van der Waals surface area contributed by atoms with E-state index in [0.29, 0.717) is 24.8 Å². The smallest absolute Gasteiger partial charge is 0.167 e. The number of carbonyl (C=O) groups is 2. The highest BCUT2D eigenvalue weighted by atomic mass is 32.2. The third-order valence-electron chi connectivity index (χ3n) is 3.05. The Hall–Kier alpha value is -1.29. The van der Waals surface area contributed by atoms with E-state index in [9.17, 15) is 9.59 Å². The van der Waals surface area contributed by atoms with Gasteiger partial charge in [0.05, 0.1) is 10.6 Å². The van der Waals surface area contributed by atoms with Crippen molar-refractivity contribution in [1.82, 2.24) is 4.90 Å². The number of ketones is 2. The maximum absolute atomic E-state index is 11.9. The second-order valence-electron chi connectivity index (χ2n) is 4.37. The number of Topliss-reactive ketones (excluding diaryl/α,β-unsaturated/α-hetero) is 2. The highest BCUT2D eigenvalue weighted by Gasteiger charge is 2.26. The molecule has 4 heteroatoms. The predicted octanol–water partition coefficient (Wildman–Crippen LogP) is 2.66. The van der Waals surface area contributed by atoms with E-state index in [-0.39, 0.29) is 11.6 Å². The van der Waals surface area contributed by atoms with Crippen molar-refractivity contribution in [3.63, 3.8) is 0 Å². The molecule has 1 aliphatic heterocycles. The highest BCUT2D eigenvalue weighted by molar-refractivity contribution is 8.02. The third kappa shape index (κ3) is 2.58. The Bertz CT molecular complexity index is 456. The van der Waals surface area contributed by atoms with E-state index in [1.54, 1.807) is 11.8 Å². The first-order valence-corrected chi connectivity index (χ1v) is 7.18. The van der Waals surface area contributed by atoms with Crippen LogP contribution in [0.3, 0.4) is 0 Å². The van der Waals surface area contributed by atoms with Gasteiger partial charge in [-0.3, -0.25) is 9.59 Å². The first-order chi connectivity index (χ1) is 8.63. The Morgan fingerprint density at radius 1 is 1.28 bits per heavy atom. The Kier molecular flexibility index (Phi) is 4.07. The molecule has 1 aliphatic carbocycles. The molecule has 2 aliphatic rings. The summed E-state index contributed by atoms with van der Waals surface area (Å²) in [7, 11) is 1.97. The summed E-state index contributed by atoms with van der Waals surface area (Å²) in [5.41, 5.74) is 1.18. The van der Waals surface area contributed by atoms with E-state index in [4.69, 9.17) is 0 Å². The molecule has 2 rings (SSSR count). The summed E-state index contributed by atoms with van der Waals surface area (Å²) in [6.07, 6.45) is 7.41. The van der Waals surface area contributed by atoms with Crippen molar-refractivity contribution in [1.29, 1.82) is 0 Å². The Balaban J connectivity index is 2.39. The summed E-state index contributed by atoms with van der Waals surface area (Å²) in [6.45, 7) is 2.08. The predicted molar refractivity (Wildman–Crippen MR) is 74.0 cm³/mol.